The van der Waals surface area contributed by atoms with Gasteiger partial charge in [0.15, 0.2) is 0 Å². The molecule has 0 spiro atoms. The van der Waals surface area contributed by atoms with Crippen molar-refractivity contribution in [3.63, 3.8) is 0 Å². The van der Waals surface area contributed by atoms with Crippen LogP contribution in [0.5, 0.6) is 0 Å². The van der Waals surface area contributed by atoms with E-state index in [1.807, 2.05) is 0 Å². The molecule has 2 N–H and O–H groups in total. The molecule has 3 nitrogen and oxygen atoms in total. The maximum Gasteiger partial charge on any atom is 0.222 e. The highest BCUT2D eigenvalue weighted by Gasteiger charge is 2.26. The highest BCUT2D eigenvalue weighted by molar-refractivity contribution is 5.76. The van der Waals surface area contributed by atoms with Crippen LogP contribution in [0.1, 0.15) is 59.8 Å². The summed E-state index contributed by atoms with van der Waals surface area (Å²) in [6, 6.07) is 0.234. The van der Waals surface area contributed by atoms with Crippen molar-refractivity contribution in [2.75, 3.05) is 13.1 Å². The lowest BCUT2D eigenvalue weighted by molar-refractivity contribution is -0.133. The monoisotopic (exact) mass is 268 g/mol. The third-order valence-corrected chi connectivity index (χ3v) is 3.93. The molecule has 1 fully saturated rings. The van der Waals surface area contributed by atoms with Crippen LogP contribution in [0.4, 0.5) is 0 Å². The second kappa shape index (κ2) is 7.88. The van der Waals surface area contributed by atoms with E-state index in [-0.39, 0.29) is 6.04 Å². The van der Waals surface area contributed by atoms with Crippen LogP contribution in [0.15, 0.2) is 0 Å². The summed E-state index contributed by atoms with van der Waals surface area (Å²) < 4.78 is 0. The van der Waals surface area contributed by atoms with Crippen LogP contribution < -0.4 is 5.73 Å². The van der Waals surface area contributed by atoms with Crippen molar-refractivity contribution in [1.82, 2.24) is 4.90 Å². The van der Waals surface area contributed by atoms with E-state index in [0.717, 1.165) is 25.9 Å². The summed E-state index contributed by atoms with van der Waals surface area (Å²) in [6.07, 6.45) is 5.34. The summed E-state index contributed by atoms with van der Waals surface area (Å²) >= 11 is 0. The Bertz CT molecular complexity index is 266. The molecule has 2 atom stereocenters. The zero-order chi connectivity index (χ0) is 14.4. The van der Waals surface area contributed by atoms with Crippen molar-refractivity contribution in [1.29, 1.82) is 0 Å². The van der Waals surface area contributed by atoms with Gasteiger partial charge in [-0.25, -0.2) is 0 Å². The smallest absolute Gasteiger partial charge is 0.222 e. The highest BCUT2D eigenvalue weighted by Crippen LogP contribution is 2.26. The fourth-order valence-corrected chi connectivity index (χ4v) is 3.00. The molecule has 0 aliphatic heterocycles. The van der Waals surface area contributed by atoms with Crippen molar-refractivity contribution in [2.24, 2.45) is 23.5 Å². The zero-order valence-corrected chi connectivity index (χ0v) is 13.2. The number of carbonyl (C=O) groups is 1. The third kappa shape index (κ3) is 5.94. The van der Waals surface area contributed by atoms with E-state index in [0.29, 0.717) is 30.1 Å². The maximum absolute atomic E-state index is 12.5. The van der Waals surface area contributed by atoms with Crippen LogP contribution in [-0.4, -0.2) is 29.9 Å². The predicted molar refractivity (Wildman–Crippen MR) is 80.8 cm³/mol. The zero-order valence-electron chi connectivity index (χ0n) is 13.2. The molecule has 1 aliphatic rings. The minimum absolute atomic E-state index is 0.234. The fraction of sp³-hybridized carbons (Fsp3) is 0.938. The van der Waals surface area contributed by atoms with Crippen LogP contribution in [0.2, 0.25) is 0 Å². The average molecular weight is 268 g/mol. The molecule has 0 saturated heterocycles. The summed E-state index contributed by atoms with van der Waals surface area (Å²) in [4.78, 5) is 14.6. The Morgan fingerprint density at radius 3 is 2.11 bits per heavy atom. The molecule has 19 heavy (non-hydrogen) atoms. The Morgan fingerprint density at radius 2 is 1.63 bits per heavy atom. The molecule has 0 radical (unpaired) electrons. The molecule has 1 rings (SSSR count). The topological polar surface area (TPSA) is 46.3 Å². The molecule has 0 aromatic carbocycles. The van der Waals surface area contributed by atoms with E-state index >= 15 is 0 Å². The normalized spacial score (nSPS) is 23.9. The van der Waals surface area contributed by atoms with Gasteiger partial charge in [-0.15, -0.1) is 0 Å². The molecule has 0 bridgehead atoms. The third-order valence-electron chi connectivity index (χ3n) is 3.93. The molecule has 0 aromatic rings. The summed E-state index contributed by atoms with van der Waals surface area (Å²) in [7, 11) is 0. The van der Waals surface area contributed by atoms with E-state index in [2.05, 4.69) is 32.6 Å². The van der Waals surface area contributed by atoms with Gasteiger partial charge in [0.05, 0.1) is 0 Å². The van der Waals surface area contributed by atoms with Crippen molar-refractivity contribution in [3.05, 3.63) is 0 Å². The maximum atomic E-state index is 12.5. The first-order chi connectivity index (χ1) is 8.90. The van der Waals surface area contributed by atoms with E-state index in [4.69, 9.17) is 5.73 Å². The van der Waals surface area contributed by atoms with Gasteiger partial charge < -0.3 is 10.6 Å². The van der Waals surface area contributed by atoms with Gasteiger partial charge in [0.1, 0.15) is 0 Å². The standard InChI is InChI=1S/C16H32N2O/c1-12(2)10-18(11-13(3)4)16(19)9-14-7-5-6-8-15(14)17/h12-15H,5-11,17H2,1-4H3. The Balaban J connectivity index is 2.54. The second-order valence-corrected chi connectivity index (χ2v) is 7.00. The van der Waals surface area contributed by atoms with E-state index < -0.39 is 0 Å². The second-order valence-electron chi connectivity index (χ2n) is 7.00. The van der Waals surface area contributed by atoms with Crippen molar-refractivity contribution >= 4 is 5.91 Å². The van der Waals surface area contributed by atoms with Gasteiger partial charge in [-0.05, 0) is 30.6 Å². The molecule has 1 saturated carbocycles. The van der Waals surface area contributed by atoms with E-state index in [1.54, 1.807) is 0 Å². The van der Waals surface area contributed by atoms with Gasteiger partial charge in [-0.2, -0.15) is 0 Å². The molecular formula is C16H32N2O. The highest BCUT2D eigenvalue weighted by atomic mass is 16.2. The molecule has 1 aliphatic carbocycles. The van der Waals surface area contributed by atoms with Gasteiger partial charge in [0.25, 0.3) is 0 Å². The SMILES string of the molecule is CC(C)CN(CC(C)C)C(=O)CC1CCCCC1N. The lowest BCUT2D eigenvalue weighted by Gasteiger charge is -2.32. The van der Waals surface area contributed by atoms with E-state index in [9.17, 15) is 4.79 Å². The van der Waals surface area contributed by atoms with Crippen molar-refractivity contribution in [3.8, 4) is 0 Å². The van der Waals surface area contributed by atoms with Gasteiger partial charge >= 0.3 is 0 Å². The van der Waals surface area contributed by atoms with Crippen LogP contribution in [0.3, 0.4) is 0 Å². The van der Waals surface area contributed by atoms with Crippen LogP contribution in [-0.2, 0) is 4.79 Å². The van der Waals surface area contributed by atoms with Crippen LogP contribution >= 0.6 is 0 Å². The molecule has 3 heteroatoms. The van der Waals surface area contributed by atoms with Gasteiger partial charge in [-0.1, -0.05) is 40.5 Å². The minimum Gasteiger partial charge on any atom is -0.342 e. The quantitative estimate of drug-likeness (QED) is 0.805. The fourth-order valence-electron chi connectivity index (χ4n) is 3.00. The molecule has 0 heterocycles. The molecule has 1 amide bonds. The number of rotatable bonds is 6. The minimum atomic E-state index is 0.234. The Morgan fingerprint density at radius 1 is 1.11 bits per heavy atom. The summed E-state index contributed by atoms with van der Waals surface area (Å²) in [5.41, 5.74) is 6.16. The Labute approximate surface area is 118 Å². The number of hydrogen-bond acceptors (Lipinski definition) is 2. The number of amides is 1. The largest absolute Gasteiger partial charge is 0.342 e. The lowest BCUT2D eigenvalue weighted by atomic mass is 9.82. The van der Waals surface area contributed by atoms with Gasteiger partial charge in [0, 0.05) is 25.6 Å². The summed E-state index contributed by atoms with van der Waals surface area (Å²) in [5, 5.41) is 0. The molecule has 112 valence electrons. The van der Waals surface area contributed by atoms with Crippen LogP contribution in [0, 0.1) is 17.8 Å². The first kappa shape index (κ1) is 16.5. The number of carbonyl (C=O) groups excluding carboxylic acids is 1. The lowest BCUT2D eigenvalue weighted by Crippen LogP contribution is -2.41. The van der Waals surface area contributed by atoms with Gasteiger partial charge in [0.2, 0.25) is 5.91 Å². The average Bonchev–Trinajstić information content (AvgIpc) is 2.30. The predicted octanol–water partition coefficient (Wildman–Crippen LogP) is 3.03. The summed E-state index contributed by atoms with van der Waals surface area (Å²) in [6.45, 7) is 10.4. The first-order valence-electron chi connectivity index (χ1n) is 7.93. The molecule has 0 aromatic heterocycles. The number of nitrogens with two attached hydrogens (primary N) is 1. The number of hydrogen-bond donors (Lipinski definition) is 1. The van der Waals surface area contributed by atoms with Crippen molar-refractivity contribution < 1.29 is 4.79 Å². The van der Waals surface area contributed by atoms with Crippen LogP contribution in [0.25, 0.3) is 0 Å². The Kier molecular flexibility index (Phi) is 6.84. The van der Waals surface area contributed by atoms with Gasteiger partial charge in [-0.3, -0.25) is 4.79 Å². The number of nitrogens with zero attached hydrogens (tertiary/aromatic N) is 1. The Hall–Kier alpha value is -0.570. The summed E-state index contributed by atoms with van der Waals surface area (Å²) in [5.74, 6) is 1.78. The first-order valence-corrected chi connectivity index (χ1v) is 7.93. The van der Waals surface area contributed by atoms with E-state index in [1.165, 1.54) is 12.8 Å². The van der Waals surface area contributed by atoms with Crippen molar-refractivity contribution in [2.45, 2.75) is 65.8 Å². The molecular weight excluding hydrogens is 236 g/mol. The molecule has 2 unspecified atom stereocenters.